The summed E-state index contributed by atoms with van der Waals surface area (Å²) >= 11 is 0. The van der Waals surface area contributed by atoms with Gasteiger partial charge in [-0.2, -0.15) is 0 Å². The number of hydrogen-bond donors (Lipinski definition) is 3. The Morgan fingerprint density at radius 1 is 1.43 bits per heavy atom. The van der Waals surface area contributed by atoms with Crippen molar-refractivity contribution in [2.24, 2.45) is 5.92 Å². The van der Waals surface area contributed by atoms with E-state index in [1.54, 1.807) is 7.05 Å². The lowest BCUT2D eigenvalue weighted by Crippen LogP contribution is -2.34. The third kappa shape index (κ3) is 8.01. The Bertz CT molecular complexity index is 160. The highest BCUT2D eigenvalue weighted by atomic mass is 16.3. The van der Waals surface area contributed by atoms with Crippen LogP contribution in [0, 0.1) is 5.92 Å². The molecule has 1 unspecified atom stereocenters. The van der Waals surface area contributed by atoms with Gasteiger partial charge in [0.15, 0.2) is 0 Å². The average Bonchev–Trinajstić information content (AvgIpc) is 2.10. The van der Waals surface area contributed by atoms with Crippen molar-refractivity contribution in [3.05, 3.63) is 0 Å². The molecule has 0 aromatic rings. The van der Waals surface area contributed by atoms with Gasteiger partial charge in [-0.15, -0.1) is 0 Å². The van der Waals surface area contributed by atoms with Crippen LogP contribution in [0.4, 0.5) is 0 Å². The van der Waals surface area contributed by atoms with Crippen LogP contribution in [0.2, 0.25) is 0 Å². The van der Waals surface area contributed by atoms with Crippen molar-refractivity contribution in [3.8, 4) is 0 Å². The monoisotopic (exact) mass is 202 g/mol. The lowest BCUT2D eigenvalue weighted by atomic mass is 10.1. The highest BCUT2D eigenvalue weighted by Crippen LogP contribution is 2.03. The molecular weight excluding hydrogens is 180 g/mol. The smallest absolute Gasteiger partial charge is 0.221 e. The van der Waals surface area contributed by atoms with Crippen LogP contribution in [0.1, 0.15) is 26.7 Å². The summed E-state index contributed by atoms with van der Waals surface area (Å²) in [5.41, 5.74) is 0. The van der Waals surface area contributed by atoms with Crippen molar-refractivity contribution < 1.29 is 9.90 Å². The quantitative estimate of drug-likeness (QED) is 0.549. The van der Waals surface area contributed by atoms with Gasteiger partial charge in [-0.25, -0.2) is 0 Å². The fraction of sp³-hybridized carbons (Fsp3) is 0.900. The Labute approximate surface area is 86.1 Å². The van der Waals surface area contributed by atoms with Gasteiger partial charge >= 0.3 is 0 Å². The second-order valence-corrected chi connectivity index (χ2v) is 3.94. The Kier molecular flexibility index (Phi) is 7.42. The molecule has 1 atom stereocenters. The van der Waals surface area contributed by atoms with Crippen molar-refractivity contribution in [3.63, 3.8) is 0 Å². The van der Waals surface area contributed by atoms with Crippen LogP contribution < -0.4 is 10.6 Å². The fourth-order valence-corrected chi connectivity index (χ4v) is 1.19. The zero-order valence-corrected chi connectivity index (χ0v) is 9.34. The third-order valence-corrected chi connectivity index (χ3v) is 1.88. The van der Waals surface area contributed by atoms with Gasteiger partial charge in [-0.1, -0.05) is 13.8 Å². The lowest BCUT2D eigenvalue weighted by Gasteiger charge is -2.13. The summed E-state index contributed by atoms with van der Waals surface area (Å²) in [6.45, 7) is 5.13. The molecule has 0 aromatic carbocycles. The van der Waals surface area contributed by atoms with Gasteiger partial charge in [0.05, 0.1) is 6.10 Å². The summed E-state index contributed by atoms with van der Waals surface area (Å²) in [4.78, 5) is 11.1. The molecular formula is C10H22N2O2. The van der Waals surface area contributed by atoms with Crippen molar-refractivity contribution in [1.82, 2.24) is 10.6 Å². The lowest BCUT2D eigenvalue weighted by molar-refractivity contribution is -0.121. The summed E-state index contributed by atoms with van der Waals surface area (Å²) in [7, 11) is 1.81. The summed E-state index contributed by atoms with van der Waals surface area (Å²) in [6.07, 6.45) is 0.769. The maximum absolute atomic E-state index is 11.1. The van der Waals surface area contributed by atoms with Crippen LogP contribution in [0.25, 0.3) is 0 Å². The van der Waals surface area contributed by atoms with E-state index < -0.39 is 6.10 Å². The molecule has 1 amide bonds. The first-order valence-electron chi connectivity index (χ1n) is 5.15. The normalized spacial score (nSPS) is 12.9. The number of nitrogens with one attached hydrogen (secondary N) is 2. The van der Waals surface area contributed by atoms with Gasteiger partial charge in [0.1, 0.15) is 0 Å². The summed E-state index contributed by atoms with van der Waals surface area (Å²) in [5, 5.41) is 15.1. The Morgan fingerprint density at radius 2 is 2.07 bits per heavy atom. The number of carbonyl (C=O) groups is 1. The molecule has 0 aliphatic rings. The van der Waals surface area contributed by atoms with E-state index in [4.69, 9.17) is 0 Å². The van der Waals surface area contributed by atoms with Crippen LogP contribution in [-0.4, -0.2) is 37.3 Å². The Morgan fingerprint density at radius 3 is 2.57 bits per heavy atom. The van der Waals surface area contributed by atoms with Crippen molar-refractivity contribution in [2.45, 2.75) is 32.8 Å². The van der Waals surface area contributed by atoms with Gasteiger partial charge in [0.2, 0.25) is 5.91 Å². The van der Waals surface area contributed by atoms with E-state index in [-0.39, 0.29) is 5.91 Å². The molecule has 0 aliphatic carbocycles. The van der Waals surface area contributed by atoms with E-state index in [1.807, 2.05) is 13.8 Å². The molecule has 14 heavy (non-hydrogen) atoms. The Balaban J connectivity index is 3.45. The Hall–Kier alpha value is -0.610. The predicted octanol–water partition coefficient (Wildman–Crippen LogP) is 0.119. The third-order valence-electron chi connectivity index (χ3n) is 1.88. The number of hydrogen-bond acceptors (Lipinski definition) is 3. The molecule has 0 bridgehead atoms. The second kappa shape index (κ2) is 7.76. The molecule has 0 heterocycles. The van der Waals surface area contributed by atoms with E-state index in [2.05, 4.69) is 10.6 Å². The van der Waals surface area contributed by atoms with Crippen LogP contribution in [-0.2, 0) is 4.79 Å². The van der Waals surface area contributed by atoms with Gasteiger partial charge in [0.25, 0.3) is 0 Å². The number of aliphatic hydroxyl groups is 1. The van der Waals surface area contributed by atoms with Crippen LogP contribution in [0.3, 0.4) is 0 Å². The number of amides is 1. The zero-order valence-electron chi connectivity index (χ0n) is 9.34. The molecule has 0 fully saturated rings. The minimum atomic E-state index is -0.423. The van der Waals surface area contributed by atoms with Gasteiger partial charge < -0.3 is 15.7 Å². The molecule has 0 aromatic heterocycles. The topological polar surface area (TPSA) is 61.4 Å². The fourth-order valence-electron chi connectivity index (χ4n) is 1.19. The number of carbonyl (C=O) groups excluding carboxylic acids is 1. The van der Waals surface area contributed by atoms with E-state index in [0.29, 0.717) is 25.4 Å². The SMILES string of the molecule is CNCCC(=O)NCC(O)CC(C)C. The standard InChI is InChI=1S/C10H22N2O2/c1-8(2)6-9(13)7-12-10(14)4-5-11-3/h8-9,11,13H,4-7H2,1-3H3,(H,12,14). The second-order valence-electron chi connectivity index (χ2n) is 3.94. The van der Waals surface area contributed by atoms with Crippen molar-refractivity contribution >= 4 is 5.91 Å². The molecule has 0 saturated heterocycles. The maximum atomic E-state index is 11.1. The average molecular weight is 202 g/mol. The predicted molar refractivity (Wildman–Crippen MR) is 57.0 cm³/mol. The molecule has 3 N–H and O–H groups in total. The van der Waals surface area contributed by atoms with Gasteiger partial charge in [-0.3, -0.25) is 4.79 Å². The molecule has 0 aliphatic heterocycles. The van der Waals surface area contributed by atoms with E-state index in [9.17, 15) is 9.90 Å². The minimum Gasteiger partial charge on any atom is -0.391 e. The van der Waals surface area contributed by atoms with Crippen molar-refractivity contribution in [1.29, 1.82) is 0 Å². The maximum Gasteiger partial charge on any atom is 0.221 e. The summed E-state index contributed by atoms with van der Waals surface area (Å²) in [6, 6.07) is 0. The first kappa shape index (κ1) is 13.4. The van der Waals surface area contributed by atoms with Gasteiger partial charge in [-0.05, 0) is 19.4 Å². The first-order chi connectivity index (χ1) is 6.56. The van der Waals surface area contributed by atoms with Crippen LogP contribution in [0.15, 0.2) is 0 Å². The molecule has 4 heteroatoms. The molecule has 84 valence electrons. The summed E-state index contributed by atoms with van der Waals surface area (Å²) in [5.74, 6) is 0.446. The number of rotatable bonds is 7. The first-order valence-corrected chi connectivity index (χ1v) is 5.15. The van der Waals surface area contributed by atoms with Crippen LogP contribution >= 0.6 is 0 Å². The van der Waals surface area contributed by atoms with Crippen LogP contribution in [0.5, 0.6) is 0 Å². The van der Waals surface area contributed by atoms with Crippen molar-refractivity contribution in [2.75, 3.05) is 20.1 Å². The minimum absolute atomic E-state index is 0.0119. The summed E-state index contributed by atoms with van der Waals surface area (Å²) < 4.78 is 0. The number of aliphatic hydroxyl groups excluding tert-OH is 1. The van der Waals surface area contributed by atoms with Gasteiger partial charge in [0, 0.05) is 19.5 Å². The molecule has 4 nitrogen and oxygen atoms in total. The largest absolute Gasteiger partial charge is 0.391 e. The molecule has 0 spiro atoms. The highest BCUT2D eigenvalue weighted by molar-refractivity contribution is 5.76. The van der Waals surface area contributed by atoms with E-state index in [1.165, 1.54) is 0 Å². The molecule has 0 rings (SSSR count). The van der Waals surface area contributed by atoms with E-state index >= 15 is 0 Å². The highest BCUT2D eigenvalue weighted by Gasteiger charge is 2.08. The molecule has 0 radical (unpaired) electrons. The molecule has 0 saturated carbocycles. The zero-order chi connectivity index (χ0) is 11.0. The van der Waals surface area contributed by atoms with E-state index in [0.717, 1.165) is 6.42 Å².